The second kappa shape index (κ2) is 9.42. The van der Waals surface area contributed by atoms with Crippen LogP contribution < -0.4 is 11.1 Å². The van der Waals surface area contributed by atoms with Crippen molar-refractivity contribution in [2.75, 3.05) is 11.9 Å². The molecule has 0 aliphatic rings. The first-order valence-electron chi connectivity index (χ1n) is 7.36. The average molecular weight is 261 g/mol. The highest BCUT2D eigenvalue weighted by atomic mass is 15.1. The van der Waals surface area contributed by atoms with Gasteiger partial charge in [0.05, 0.1) is 0 Å². The third-order valence-corrected chi connectivity index (χ3v) is 3.12. The van der Waals surface area contributed by atoms with Gasteiger partial charge >= 0.3 is 0 Å². The van der Waals surface area contributed by atoms with E-state index >= 15 is 0 Å². The van der Waals surface area contributed by atoms with Crippen molar-refractivity contribution < 1.29 is 0 Å². The first-order chi connectivity index (χ1) is 9.22. The van der Waals surface area contributed by atoms with Crippen molar-refractivity contribution in [1.82, 2.24) is 0 Å². The van der Waals surface area contributed by atoms with Crippen molar-refractivity contribution in [1.29, 1.82) is 0 Å². The molecule has 0 aliphatic carbocycles. The normalized spacial score (nSPS) is 11.6. The molecule has 3 nitrogen and oxygen atoms in total. The number of rotatable bonds is 8. The molecule has 0 atom stereocenters. The molecule has 0 bridgehead atoms. The fraction of sp³-hybridized carbons (Fsp3) is 0.562. The minimum atomic E-state index is 0.511. The number of nitrogens with zero attached hydrogens (tertiary/aromatic N) is 1. The zero-order valence-corrected chi connectivity index (χ0v) is 12.3. The van der Waals surface area contributed by atoms with Gasteiger partial charge in [-0.2, -0.15) is 0 Å². The smallest absolute Gasteiger partial charge is 0.193 e. The second-order valence-corrected chi connectivity index (χ2v) is 5.03. The quantitative estimate of drug-likeness (QED) is 0.421. The van der Waals surface area contributed by atoms with E-state index in [0.29, 0.717) is 5.96 Å². The molecule has 3 heteroatoms. The number of benzene rings is 1. The Morgan fingerprint density at radius 2 is 1.68 bits per heavy atom. The molecule has 1 aromatic carbocycles. The van der Waals surface area contributed by atoms with Crippen molar-refractivity contribution in [3.8, 4) is 0 Å². The number of guanidine groups is 1. The molecule has 0 aromatic heterocycles. The third kappa shape index (κ3) is 7.50. The van der Waals surface area contributed by atoms with Crippen LogP contribution in [0.15, 0.2) is 29.3 Å². The topological polar surface area (TPSA) is 50.4 Å². The number of unbranched alkanes of at least 4 members (excludes halogenated alkanes) is 5. The molecule has 0 amide bonds. The molecule has 0 unspecified atom stereocenters. The first kappa shape index (κ1) is 15.5. The van der Waals surface area contributed by atoms with E-state index in [1.54, 1.807) is 0 Å². The number of nitrogens with one attached hydrogen (secondary N) is 1. The third-order valence-electron chi connectivity index (χ3n) is 3.12. The number of nitrogens with two attached hydrogens (primary N) is 1. The van der Waals surface area contributed by atoms with Crippen molar-refractivity contribution in [3.63, 3.8) is 0 Å². The van der Waals surface area contributed by atoms with Gasteiger partial charge in [-0.15, -0.1) is 0 Å². The zero-order chi connectivity index (χ0) is 13.9. The molecule has 3 N–H and O–H groups in total. The lowest BCUT2D eigenvalue weighted by molar-refractivity contribution is 0.612. The predicted molar refractivity (Wildman–Crippen MR) is 84.7 cm³/mol. The summed E-state index contributed by atoms with van der Waals surface area (Å²) in [6.45, 7) is 5.12. The van der Waals surface area contributed by atoms with Gasteiger partial charge in [-0.05, 0) is 25.5 Å². The van der Waals surface area contributed by atoms with Crippen LogP contribution in [0.2, 0.25) is 0 Å². The summed E-state index contributed by atoms with van der Waals surface area (Å²) in [6, 6.07) is 8.15. The summed E-state index contributed by atoms with van der Waals surface area (Å²) in [5, 5.41) is 3.11. The van der Waals surface area contributed by atoms with Crippen LogP contribution in [0, 0.1) is 6.92 Å². The maximum atomic E-state index is 5.85. The monoisotopic (exact) mass is 261 g/mol. The number of hydrogen-bond donors (Lipinski definition) is 2. The number of anilines is 1. The van der Waals surface area contributed by atoms with E-state index in [1.807, 2.05) is 12.1 Å². The highest BCUT2D eigenvalue weighted by Crippen LogP contribution is 2.08. The van der Waals surface area contributed by atoms with Gasteiger partial charge in [-0.1, -0.05) is 56.7 Å². The molecular weight excluding hydrogens is 234 g/mol. The Bertz CT molecular complexity index is 368. The fourth-order valence-corrected chi connectivity index (χ4v) is 1.92. The lowest BCUT2D eigenvalue weighted by Gasteiger charge is -2.05. The van der Waals surface area contributed by atoms with Crippen molar-refractivity contribution in [2.24, 2.45) is 10.7 Å². The standard InChI is InChI=1S/C16H27N3/c1-3-4-5-6-7-8-13-18-16(17)19-15-11-9-14(2)10-12-15/h9-12H,3-8,13H2,1-2H3,(H3,17,18,19). The Labute approximate surface area is 117 Å². The molecule has 0 radical (unpaired) electrons. The molecule has 106 valence electrons. The average Bonchev–Trinajstić information content (AvgIpc) is 2.40. The van der Waals surface area contributed by atoms with Gasteiger partial charge in [0.25, 0.3) is 0 Å². The summed E-state index contributed by atoms with van der Waals surface area (Å²) >= 11 is 0. The first-order valence-corrected chi connectivity index (χ1v) is 7.36. The molecule has 0 fully saturated rings. The molecule has 1 aromatic rings. The molecule has 19 heavy (non-hydrogen) atoms. The van der Waals surface area contributed by atoms with Crippen LogP contribution in [0.25, 0.3) is 0 Å². The summed E-state index contributed by atoms with van der Waals surface area (Å²) < 4.78 is 0. The van der Waals surface area contributed by atoms with Gasteiger partial charge in [-0.25, -0.2) is 0 Å². The Morgan fingerprint density at radius 1 is 1.05 bits per heavy atom. The van der Waals surface area contributed by atoms with Crippen molar-refractivity contribution in [3.05, 3.63) is 29.8 Å². The Balaban J connectivity index is 2.16. The van der Waals surface area contributed by atoms with E-state index in [9.17, 15) is 0 Å². The van der Waals surface area contributed by atoms with E-state index in [1.165, 1.54) is 37.7 Å². The molecule has 0 saturated heterocycles. The Hall–Kier alpha value is -1.51. The Kier molecular flexibility index (Phi) is 7.71. The van der Waals surface area contributed by atoms with Gasteiger partial charge in [0.15, 0.2) is 5.96 Å². The minimum absolute atomic E-state index is 0.511. The highest BCUT2D eigenvalue weighted by Gasteiger charge is 1.94. The van der Waals surface area contributed by atoms with Crippen molar-refractivity contribution >= 4 is 11.6 Å². The summed E-state index contributed by atoms with van der Waals surface area (Å²) in [5.74, 6) is 0.511. The van der Waals surface area contributed by atoms with E-state index in [0.717, 1.165) is 18.7 Å². The maximum absolute atomic E-state index is 5.85. The van der Waals surface area contributed by atoms with Crippen LogP contribution in [-0.4, -0.2) is 12.5 Å². The van der Waals surface area contributed by atoms with Crippen LogP contribution in [0.4, 0.5) is 5.69 Å². The minimum Gasteiger partial charge on any atom is -0.370 e. The van der Waals surface area contributed by atoms with Gasteiger partial charge in [0.1, 0.15) is 0 Å². The molecule has 0 heterocycles. The lowest BCUT2D eigenvalue weighted by atomic mass is 10.1. The molecule has 0 saturated carbocycles. The summed E-state index contributed by atoms with van der Waals surface area (Å²) in [6.07, 6.45) is 7.68. The Morgan fingerprint density at radius 3 is 2.37 bits per heavy atom. The molecule has 0 aliphatic heterocycles. The molecular formula is C16H27N3. The number of hydrogen-bond acceptors (Lipinski definition) is 1. The van der Waals surface area contributed by atoms with E-state index < -0.39 is 0 Å². The van der Waals surface area contributed by atoms with Gasteiger partial charge in [-0.3, -0.25) is 4.99 Å². The largest absolute Gasteiger partial charge is 0.370 e. The second-order valence-electron chi connectivity index (χ2n) is 5.03. The maximum Gasteiger partial charge on any atom is 0.193 e. The summed E-state index contributed by atoms with van der Waals surface area (Å²) in [4.78, 5) is 4.34. The van der Waals surface area contributed by atoms with E-state index in [2.05, 4.69) is 36.3 Å². The van der Waals surface area contributed by atoms with Gasteiger partial charge < -0.3 is 11.1 Å². The van der Waals surface area contributed by atoms with Crippen LogP contribution in [-0.2, 0) is 0 Å². The van der Waals surface area contributed by atoms with Crippen LogP contribution >= 0.6 is 0 Å². The van der Waals surface area contributed by atoms with Crippen LogP contribution in [0.3, 0.4) is 0 Å². The predicted octanol–water partition coefficient (Wildman–Crippen LogP) is 4.08. The summed E-state index contributed by atoms with van der Waals surface area (Å²) in [7, 11) is 0. The van der Waals surface area contributed by atoms with Gasteiger partial charge in [0.2, 0.25) is 0 Å². The summed E-state index contributed by atoms with van der Waals surface area (Å²) in [5.41, 5.74) is 8.08. The fourth-order valence-electron chi connectivity index (χ4n) is 1.92. The number of aliphatic imine (C=N–C) groups is 1. The number of aryl methyl sites for hydroxylation is 1. The van der Waals surface area contributed by atoms with Crippen molar-refractivity contribution in [2.45, 2.75) is 52.4 Å². The molecule has 1 rings (SSSR count). The van der Waals surface area contributed by atoms with E-state index in [-0.39, 0.29) is 0 Å². The van der Waals surface area contributed by atoms with Crippen LogP contribution in [0.5, 0.6) is 0 Å². The zero-order valence-electron chi connectivity index (χ0n) is 12.3. The van der Waals surface area contributed by atoms with Gasteiger partial charge in [0, 0.05) is 12.2 Å². The SMILES string of the molecule is CCCCCCCCN=C(N)Nc1ccc(C)cc1. The van der Waals surface area contributed by atoms with Crippen LogP contribution in [0.1, 0.15) is 51.0 Å². The molecule has 0 spiro atoms. The highest BCUT2D eigenvalue weighted by molar-refractivity contribution is 5.92. The van der Waals surface area contributed by atoms with E-state index in [4.69, 9.17) is 5.73 Å². The lowest BCUT2D eigenvalue weighted by Crippen LogP contribution is -2.22.